The van der Waals surface area contributed by atoms with Crippen LogP contribution in [0.1, 0.15) is 32.1 Å². The van der Waals surface area contributed by atoms with Crippen molar-refractivity contribution in [3.63, 3.8) is 0 Å². The van der Waals surface area contributed by atoms with Crippen LogP contribution in [0, 0.1) is 10.6 Å². The monoisotopic (exact) mass is 335 g/mol. The third-order valence-electron chi connectivity index (χ3n) is 4.59. The molecule has 0 radical (unpaired) electrons. The summed E-state index contributed by atoms with van der Waals surface area (Å²) in [4.78, 5) is 1.51. The lowest BCUT2D eigenvalue weighted by Crippen LogP contribution is -3.11. The number of hydrogen-bond donors (Lipinski definition) is 1. The SMILES string of the molecule is Cn1c(-c2ccccc2F)nn(C[NH+]2CCCCCCC2)c1=S. The van der Waals surface area contributed by atoms with E-state index in [1.807, 2.05) is 17.8 Å². The molecule has 4 nitrogen and oxygen atoms in total. The molecule has 0 unspecified atom stereocenters. The first kappa shape index (κ1) is 16.3. The van der Waals surface area contributed by atoms with E-state index in [1.54, 1.807) is 16.7 Å². The average Bonchev–Trinajstić information content (AvgIpc) is 2.79. The van der Waals surface area contributed by atoms with Crippen LogP contribution in [0.4, 0.5) is 4.39 Å². The van der Waals surface area contributed by atoms with Gasteiger partial charge in [0.1, 0.15) is 5.82 Å². The minimum Gasteiger partial charge on any atom is -0.316 e. The molecular formula is C17H24FN4S+. The number of nitrogens with zero attached hydrogens (tertiary/aromatic N) is 3. The highest BCUT2D eigenvalue weighted by Gasteiger charge is 2.17. The van der Waals surface area contributed by atoms with E-state index in [0.717, 1.165) is 19.8 Å². The van der Waals surface area contributed by atoms with Crippen molar-refractivity contribution in [2.24, 2.45) is 7.05 Å². The Balaban J connectivity index is 1.85. The van der Waals surface area contributed by atoms with Crippen LogP contribution in [0.2, 0.25) is 0 Å². The van der Waals surface area contributed by atoms with Crippen molar-refractivity contribution >= 4 is 12.2 Å². The zero-order chi connectivity index (χ0) is 16.2. The molecule has 2 aromatic rings. The fourth-order valence-electron chi connectivity index (χ4n) is 3.24. The van der Waals surface area contributed by atoms with Crippen molar-refractivity contribution in [3.05, 3.63) is 34.9 Å². The first-order chi connectivity index (χ1) is 11.2. The van der Waals surface area contributed by atoms with Crippen LogP contribution in [-0.2, 0) is 13.7 Å². The highest BCUT2D eigenvalue weighted by molar-refractivity contribution is 7.71. The molecule has 6 heteroatoms. The number of likely N-dealkylation sites (tertiary alicyclic amines) is 1. The first-order valence-electron chi connectivity index (χ1n) is 8.39. The van der Waals surface area contributed by atoms with E-state index in [-0.39, 0.29) is 5.82 Å². The van der Waals surface area contributed by atoms with Gasteiger partial charge in [-0.1, -0.05) is 18.6 Å². The maximum atomic E-state index is 14.1. The average molecular weight is 335 g/mol. The molecule has 0 amide bonds. The molecule has 1 saturated heterocycles. The standard InChI is InChI=1S/C17H23FN4S/c1-20-16(14-9-5-6-10-15(14)18)19-22(17(20)23)13-21-11-7-3-2-4-8-12-21/h5-6,9-10H,2-4,7-8,11-13H2,1H3/p+1. The molecule has 0 bridgehead atoms. The number of rotatable bonds is 3. The molecule has 124 valence electrons. The number of benzene rings is 1. The number of halogens is 1. The summed E-state index contributed by atoms with van der Waals surface area (Å²) in [5.41, 5.74) is 0.502. The molecule has 0 saturated carbocycles. The fraction of sp³-hybridized carbons (Fsp3) is 0.529. The molecule has 1 aliphatic rings. The Bertz CT molecular complexity index is 714. The Labute approximate surface area is 141 Å². The largest absolute Gasteiger partial charge is 0.316 e. The van der Waals surface area contributed by atoms with Crippen LogP contribution < -0.4 is 4.90 Å². The predicted molar refractivity (Wildman–Crippen MR) is 91.2 cm³/mol. The summed E-state index contributed by atoms with van der Waals surface area (Å²) in [6, 6.07) is 6.72. The molecule has 1 aromatic carbocycles. The van der Waals surface area contributed by atoms with Crippen LogP contribution in [0.25, 0.3) is 11.4 Å². The Kier molecular flexibility index (Phi) is 5.23. The fourth-order valence-corrected chi connectivity index (χ4v) is 3.44. The van der Waals surface area contributed by atoms with E-state index in [2.05, 4.69) is 5.10 Å². The normalized spacial score (nSPS) is 17.0. The van der Waals surface area contributed by atoms with Crippen molar-refractivity contribution in [1.82, 2.24) is 14.3 Å². The molecule has 1 aromatic heterocycles. The molecule has 2 heterocycles. The van der Waals surface area contributed by atoms with Crippen LogP contribution in [-0.4, -0.2) is 27.4 Å². The summed E-state index contributed by atoms with van der Waals surface area (Å²) in [6.45, 7) is 3.09. The molecule has 1 N–H and O–H groups in total. The summed E-state index contributed by atoms with van der Waals surface area (Å²) in [5, 5.41) is 4.60. The highest BCUT2D eigenvalue weighted by atomic mass is 32.1. The van der Waals surface area contributed by atoms with Crippen LogP contribution in [0.3, 0.4) is 0 Å². The molecule has 1 aliphatic heterocycles. The smallest absolute Gasteiger partial charge is 0.202 e. The van der Waals surface area contributed by atoms with Gasteiger partial charge in [-0.25, -0.2) is 4.39 Å². The van der Waals surface area contributed by atoms with Gasteiger partial charge in [-0.15, -0.1) is 5.10 Å². The summed E-state index contributed by atoms with van der Waals surface area (Å²) >= 11 is 5.51. The minimum atomic E-state index is -0.263. The topological polar surface area (TPSA) is 27.2 Å². The lowest BCUT2D eigenvalue weighted by Gasteiger charge is -2.21. The zero-order valence-electron chi connectivity index (χ0n) is 13.6. The second-order valence-corrected chi connectivity index (χ2v) is 6.69. The highest BCUT2D eigenvalue weighted by Crippen LogP contribution is 2.20. The van der Waals surface area contributed by atoms with Gasteiger partial charge in [0.15, 0.2) is 12.5 Å². The van der Waals surface area contributed by atoms with Crippen molar-refractivity contribution in [3.8, 4) is 11.4 Å². The van der Waals surface area contributed by atoms with Gasteiger partial charge in [-0.2, -0.15) is 4.68 Å². The van der Waals surface area contributed by atoms with Crippen molar-refractivity contribution in [2.75, 3.05) is 13.1 Å². The van der Waals surface area contributed by atoms with E-state index >= 15 is 0 Å². The third-order valence-corrected chi connectivity index (χ3v) is 5.07. The van der Waals surface area contributed by atoms with E-state index in [4.69, 9.17) is 12.2 Å². The number of hydrogen-bond acceptors (Lipinski definition) is 2. The summed E-state index contributed by atoms with van der Waals surface area (Å²) in [7, 11) is 1.86. The van der Waals surface area contributed by atoms with Gasteiger partial charge in [0.25, 0.3) is 0 Å². The van der Waals surface area contributed by atoms with Gasteiger partial charge < -0.3 is 9.47 Å². The Hall–Kier alpha value is -1.53. The molecule has 23 heavy (non-hydrogen) atoms. The second-order valence-electron chi connectivity index (χ2n) is 6.32. The molecular weight excluding hydrogens is 311 g/mol. The van der Waals surface area contributed by atoms with Crippen molar-refractivity contribution < 1.29 is 9.29 Å². The summed E-state index contributed by atoms with van der Waals surface area (Å²) in [5.74, 6) is 0.334. The molecule has 0 atom stereocenters. The zero-order valence-corrected chi connectivity index (χ0v) is 14.4. The third kappa shape index (κ3) is 3.70. The van der Waals surface area contributed by atoms with Gasteiger partial charge in [0, 0.05) is 7.05 Å². The van der Waals surface area contributed by atoms with Gasteiger partial charge in [-0.3, -0.25) is 0 Å². The second kappa shape index (κ2) is 7.36. The Morgan fingerprint density at radius 2 is 1.78 bits per heavy atom. The molecule has 1 fully saturated rings. The van der Waals surface area contributed by atoms with Gasteiger partial charge >= 0.3 is 0 Å². The summed E-state index contributed by atoms with van der Waals surface area (Å²) in [6.07, 6.45) is 6.51. The first-order valence-corrected chi connectivity index (χ1v) is 8.80. The summed E-state index contributed by atoms with van der Waals surface area (Å²) < 4.78 is 18.4. The molecule has 0 aliphatic carbocycles. The van der Waals surface area contributed by atoms with E-state index < -0.39 is 0 Å². The molecule has 3 rings (SSSR count). The lowest BCUT2D eigenvalue weighted by atomic mass is 10.1. The minimum absolute atomic E-state index is 0.263. The maximum absolute atomic E-state index is 14.1. The number of aromatic nitrogens is 3. The molecule has 0 spiro atoms. The lowest BCUT2D eigenvalue weighted by molar-refractivity contribution is -0.924. The maximum Gasteiger partial charge on any atom is 0.202 e. The number of quaternary nitrogens is 1. The van der Waals surface area contributed by atoms with Crippen molar-refractivity contribution in [1.29, 1.82) is 0 Å². The van der Waals surface area contributed by atoms with Crippen molar-refractivity contribution in [2.45, 2.75) is 38.8 Å². The Morgan fingerprint density at radius 3 is 2.48 bits per heavy atom. The quantitative estimate of drug-likeness (QED) is 0.873. The predicted octanol–water partition coefficient (Wildman–Crippen LogP) is 2.56. The van der Waals surface area contributed by atoms with Crippen LogP contribution >= 0.6 is 12.2 Å². The van der Waals surface area contributed by atoms with Crippen LogP contribution in [0.15, 0.2) is 24.3 Å². The van der Waals surface area contributed by atoms with E-state index in [1.165, 1.54) is 43.1 Å². The van der Waals surface area contributed by atoms with E-state index in [9.17, 15) is 4.39 Å². The van der Waals surface area contributed by atoms with E-state index in [0.29, 0.717) is 16.2 Å². The van der Waals surface area contributed by atoms with Gasteiger partial charge in [0.2, 0.25) is 4.77 Å². The van der Waals surface area contributed by atoms with Gasteiger partial charge in [-0.05, 0) is 50.0 Å². The van der Waals surface area contributed by atoms with Crippen LogP contribution in [0.5, 0.6) is 0 Å². The van der Waals surface area contributed by atoms with Gasteiger partial charge in [0.05, 0.1) is 18.7 Å². The number of nitrogens with one attached hydrogen (secondary N) is 1. The Morgan fingerprint density at radius 1 is 1.13 bits per heavy atom.